The van der Waals surface area contributed by atoms with Crippen molar-refractivity contribution in [3.63, 3.8) is 0 Å². The predicted octanol–water partition coefficient (Wildman–Crippen LogP) is 2.37. The molecule has 3 rings (SSSR count). The maximum absolute atomic E-state index is 12.3. The van der Waals surface area contributed by atoms with Gasteiger partial charge in [-0.1, -0.05) is 0 Å². The van der Waals surface area contributed by atoms with E-state index in [1.807, 2.05) is 13.8 Å². The fraction of sp³-hybridized carbons (Fsp3) is 0.286. The van der Waals surface area contributed by atoms with Crippen LogP contribution in [0.2, 0.25) is 0 Å². The molecule has 0 radical (unpaired) electrons. The molecule has 1 amide bonds. The highest BCUT2D eigenvalue weighted by atomic mass is 32.1. The quantitative estimate of drug-likeness (QED) is 0.832. The van der Waals surface area contributed by atoms with E-state index in [1.54, 1.807) is 12.1 Å². The van der Waals surface area contributed by atoms with Gasteiger partial charge in [0, 0.05) is 12.1 Å². The number of rotatable bonds is 2. The van der Waals surface area contributed by atoms with Gasteiger partial charge in [-0.2, -0.15) is 0 Å². The van der Waals surface area contributed by atoms with E-state index in [-0.39, 0.29) is 5.91 Å². The van der Waals surface area contributed by atoms with Gasteiger partial charge in [0.15, 0.2) is 11.5 Å². The molecule has 1 aliphatic heterocycles. The smallest absolute Gasteiger partial charge is 0.267 e. The van der Waals surface area contributed by atoms with Crippen LogP contribution in [0.3, 0.4) is 0 Å². The molecule has 2 aromatic rings. The highest BCUT2D eigenvalue weighted by Crippen LogP contribution is 2.37. The Morgan fingerprint density at radius 3 is 2.57 bits per heavy atom. The first kappa shape index (κ1) is 13.7. The lowest BCUT2D eigenvalue weighted by atomic mass is 10.2. The molecule has 0 fully saturated rings. The fourth-order valence-corrected chi connectivity index (χ4v) is 2.95. The maximum atomic E-state index is 12.3. The average Bonchev–Trinajstić information content (AvgIpc) is 2.78. The SMILES string of the molecule is Cc1nc(C)c(C(=O)Nc2cc3c(cc2N)OCCO3)s1. The summed E-state index contributed by atoms with van der Waals surface area (Å²) in [5.74, 6) is 0.964. The second-order valence-corrected chi connectivity index (χ2v) is 5.89. The molecule has 1 aromatic carbocycles. The first-order valence-corrected chi connectivity index (χ1v) is 7.31. The number of nitrogen functional groups attached to an aromatic ring is 1. The number of hydrogen-bond acceptors (Lipinski definition) is 6. The molecule has 21 heavy (non-hydrogen) atoms. The van der Waals surface area contributed by atoms with Gasteiger partial charge in [-0.05, 0) is 13.8 Å². The summed E-state index contributed by atoms with van der Waals surface area (Å²) < 4.78 is 10.9. The number of hydrogen-bond donors (Lipinski definition) is 2. The van der Waals surface area contributed by atoms with E-state index in [1.165, 1.54) is 11.3 Å². The number of benzene rings is 1. The van der Waals surface area contributed by atoms with Gasteiger partial charge < -0.3 is 20.5 Å². The highest BCUT2D eigenvalue weighted by molar-refractivity contribution is 7.13. The zero-order chi connectivity index (χ0) is 15.0. The van der Waals surface area contributed by atoms with Crippen LogP contribution < -0.4 is 20.5 Å². The number of nitrogens with two attached hydrogens (primary N) is 1. The molecule has 0 unspecified atom stereocenters. The largest absolute Gasteiger partial charge is 0.486 e. The number of nitrogens with one attached hydrogen (secondary N) is 1. The standard InChI is InChI=1S/C14H15N3O3S/c1-7-13(21-8(2)16-7)14(18)17-10-6-12-11(5-9(10)15)19-3-4-20-12/h5-6H,3-4,15H2,1-2H3,(H,17,18). The molecule has 0 saturated carbocycles. The predicted molar refractivity (Wildman–Crippen MR) is 81.4 cm³/mol. The topological polar surface area (TPSA) is 86.5 Å². The van der Waals surface area contributed by atoms with E-state index in [0.717, 1.165) is 5.01 Å². The molecule has 0 aliphatic carbocycles. The molecule has 0 spiro atoms. The molecule has 0 bridgehead atoms. The normalized spacial score (nSPS) is 13.0. The summed E-state index contributed by atoms with van der Waals surface area (Å²) in [5, 5.41) is 3.66. The minimum absolute atomic E-state index is 0.221. The molecule has 3 N–H and O–H groups in total. The van der Waals surface area contributed by atoms with Gasteiger partial charge in [-0.15, -0.1) is 11.3 Å². The first-order chi connectivity index (χ1) is 10.0. The van der Waals surface area contributed by atoms with E-state index in [4.69, 9.17) is 15.2 Å². The monoisotopic (exact) mass is 305 g/mol. The van der Waals surface area contributed by atoms with Crippen molar-refractivity contribution >= 4 is 28.6 Å². The van der Waals surface area contributed by atoms with Crippen molar-refractivity contribution in [2.75, 3.05) is 24.3 Å². The minimum Gasteiger partial charge on any atom is -0.486 e. The van der Waals surface area contributed by atoms with E-state index in [9.17, 15) is 4.79 Å². The summed E-state index contributed by atoms with van der Waals surface area (Å²) in [5.41, 5.74) is 7.61. The number of ether oxygens (including phenoxy) is 2. The lowest BCUT2D eigenvalue weighted by Gasteiger charge is -2.20. The maximum Gasteiger partial charge on any atom is 0.267 e. The molecule has 0 atom stereocenters. The van der Waals surface area contributed by atoms with Gasteiger partial charge in [-0.25, -0.2) is 4.98 Å². The van der Waals surface area contributed by atoms with Crippen molar-refractivity contribution in [2.45, 2.75) is 13.8 Å². The lowest BCUT2D eigenvalue weighted by Crippen LogP contribution is -2.17. The van der Waals surface area contributed by atoms with E-state index >= 15 is 0 Å². The Kier molecular flexibility index (Phi) is 3.42. The number of anilines is 2. The zero-order valence-electron chi connectivity index (χ0n) is 11.7. The summed E-state index contributed by atoms with van der Waals surface area (Å²) >= 11 is 1.36. The van der Waals surface area contributed by atoms with Gasteiger partial charge in [-0.3, -0.25) is 4.79 Å². The van der Waals surface area contributed by atoms with Crippen LogP contribution >= 0.6 is 11.3 Å². The third kappa shape index (κ3) is 2.64. The van der Waals surface area contributed by atoms with Crippen molar-refractivity contribution in [1.82, 2.24) is 4.98 Å². The van der Waals surface area contributed by atoms with E-state index < -0.39 is 0 Å². The molecule has 1 aliphatic rings. The van der Waals surface area contributed by atoms with Crippen molar-refractivity contribution in [3.05, 3.63) is 27.7 Å². The highest BCUT2D eigenvalue weighted by Gasteiger charge is 2.18. The summed E-state index contributed by atoms with van der Waals surface area (Å²) in [6, 6.07) is 3.35. The second kappa shape index (κ2) is 5.25. The van der Waals surface area contributed by atoms with Gasteiger partial charge >= 0.3 is 0 Å². The Morgan fingerprint density at radius 2 is 1.95 bits per heavy atom. The minimum atomic E-state index is -0.221. The van der Waals surface area contributed by atoms with Crippen LogP contribution in [0.15, 0.2) is 12.1 Å². The average molecular weight is 305 g/mol. The number of aryl methyl sites for hydroxylation is 2. The summed E-state index contributed by atoms with van der Waals surface area (Å²) in [4.78, 5) is 17.1. The van der Waals surface area contributed by atoms with Crippen LogP contribution in [0.25, 0.3) is 0 Å². The van der Waals surface area contributed by atoms with Crippen molar-refractivity contribution in [2.24, 2.45) is 0 Å². The zero-order valence-corrected chi connectivity index (χ0v) is 12.5. The lowest BCUT2D eigenvalue weighted by molar-refractivity contribution is 0.102. The number of amides is 1. The molecular weight excluding hydrogens is 290 g/mol. The van der Waals surface area contributed by atoms with Crippen molar-refractivity contribution in [3.8, 4) is 11.5 Å². The molecular formula is C14H15N3O3S. The fourth-order valence-electron chi connectivity index (χ4n) is 2.13. The Labute approximate surface area is 125 Å². The Balaban J connectivity index is 1.87. The Morgan fingerprint density at radius 1 is 1.29 bits per heavy atom. The van der Waals surface area contributed by atoms with Crippen LogP contribution in [-0.2, 0) is 0 Å². The van der Waals surface area contributed by atoms with E-state index in [0.29, 0.717) is 46.7 Å². The molecule has 2 heterocycles. The van der Waals surface area contributed by atoms with Gasteiger partial charge in [0.2, 0.25) is 0 Å². The number of fused-ring (bicyclic) bond motifs is 1. The second-order valence-electron chi connectivity index (χ2n) is 4.68. The summed E-state index contributed by atoms with van der Waals surface area (Å²) in [6.07, 6.45) is 0. The Bertz CT molecular complexity index is 712. The van der Waals surface area contributed by atoms with Crippen molar-refractivity contribution in [1.29, 1.82) is 0 Å². The molecule has 7 heteroatoms. The van der Waals surface area contributed by atoms with Crippen LogP contribution in [0.1, 0.15) is 20.4 Å². The van der Waals surface area contributed by atoms with Gasteiger partial charge in [0.25, 0.3) is 5.91 Å². The first-order valence-electron chi connectivity index (χ1n) is 6.49. The van der Waals surface area contributed by atoms with E-state index in [2.05, 4.69) is 10.3 Å². The molecule has 6 nitrogen and oxygen atoms in total. The summed E-state index contributed by atoms with van der Waals surface area (Å²) in [6.45, 7) is 4.66. The number of carbonyl (C=O) groups excluding carboxylic acids is 1. The molecule has 1 aromatic heterocycles. The number of thiazole rings is 1. The third-order valence-electron chi connectivity index (χ3n) is 3.07. The Hall–Kier alpha value is -2.28. The summed E-state index contributed by atoms with van der Waals surface area (Å²) in [7, 11) is 0. The molecule has 110 valence electrons. The van der Waals surface area contributed by atoms with Gasteiger partial charge in [0.1, 0.15) is 18.1 Å². The van der Waals surface area contributed by atoms with Crippen LogP contribution in [0.5, 0.6) is 11.5 Å². The number of carbonyl (C=O) groups is 1. The molecule has 0 saturated heterocycles. The number of aromatic nitrogens is 1. The van der Waals surface area contributed by atoms with Crippen LogP contribution in [0.4, 0.5) is 11.4 Å². The van der Waals surface area contributed by atoms with Crippen LogP contribution in [0, 0.1) is 13.8 Å². The van der Waals surface area contributed by atoms with Crippen molar-refractivity contribution < 1.29 is 14.3 Å². The third-order valence-corrected chi connectivity index (χ3v) is 4.14. The van der Waals surface area contributed by atoms with Crippen LogP contribution in [-0.4, -0.2) is 24.1 Å². The number of nitrogens with zero attached hydrogens (tertiary/aromatic N) is 1. The van der Waals surface area contributed by atoms with Gasteiger partial charge in [0.05, 0.1) is 22.1 Å².